The Morgan fingerprint density at radius 2 is 1.65 bits per heavy atom. The molecule has 0 aliphatic heterocycles. The van der Waals surface area contributed by atoms with Gasteiger partial charge in [0.15, 0.2) is 0 Å². The molecule has 168 valence electrons. The number of nitrogens with one attached hydrogen (secondary N) is 2. The number of aromatic amines is 1. The van der Waals surface area contributed by atoms with Crippen LogP contribution in [-0.2, 0) is 0 Å². The summed E-state index contributed by atoms with van der Waals surface area (Å²) in [6, 6.07) is 31.6. The van der Waals surface area contributed by atoms with E-state index >= 15 is 0 Å². The zero-order valence-electron chi connectivity index (χ0n) is 19.1. The second-order valence-corrected chi connectivity index (χ2v) is 8.24. The standard InChI is InChI=1S/C29H25N3O2/c1-19(25-12-6-8-20-7-3-4-11-26(20)25)30-29(33)22-15-13-21(14-16-22)27-18-28(32-31-27)23-9-5-10-24(17-23)34-2/h3-19H,1-2H3,(H,30,33)(H,31,32)/t19-/m1/s1. The Balaban J connectivity index is 1.31. The quantitative estimate of drug-likeness (QED) is 0.317. The number of benzene rings is 4. The second kappa shape index (κ2) is 9.24. The number of hydrogen-bond acceptors (Lipinski definition) is 3. The third-order valence-electron chi connectivity index (χ3n) is 6.04. The molecule has 0 fully saturated rings. The molecule has 0 aliphatic carbocycles. The van der Waals surface area contributed by atoms with E-state index < -0.39 is 0 Å². The minimum Gasteiger partial charge on any atom is -0.497 e. The fraction of sp³-hybridized carbons (Fsp3) is 0.103. The maximum Gasteiger partial charge on any atom is 0.251 e. The van der Waals surface area contributed by atoms with Crippen molar-refractivity contribution in [2.75, 3.05) is 7.11 Å². The lowest BCUT2D eigenvalue weighted by molar-refractivity contribution is 0.0940. The number of carbonyl (C=O) groups is 1. The van der Waals surface area contributed by atoms with Gasteiger partial charge in [-0.1, -0.05) is 66.7 Å². The largest absolute Gasteiger partial charge is 0.497 e. The summed E-state index contributed by atoms with van der Waals surface area (Å²) in [6.07, 6.45) is 0. The zero-order chi connectivity index (χ0) is 23.5. The SMILES string of the molecule is COc1cccc(-c2cc(-c3ccc(C(=O)N[C@H](C)c4cccc5ccccc45)cc3)[nH]n2)c1. The van der Waals surface area contributed by atoms with Gasteiger partial charge in [0.1, 0.15) is 5.75 Å². The van der Waals surface area contributed by atoms with Crippen LogP contribution >= 0.6 is 0 Å². The van der Waals surface area contributed by atoms with Gasteiger partial charge in [-0.25, -0.2) is 0 Å². The summed E-state index contributed by atoms with van der Waals surface area (Å²) in [7, 11) is 1.65. The molecular weight excluding hydrogens is 422 g/mol. The first-order valence-corrected chi connectivity index (χ1v) is 11.2. The van der Waals surface area contributed by atoms with Crippen LogP contribution in [0.4, 0.5) is 0 Å². The maximum absolute atomic E-state index is 12.9. The summed E-state index contributed by atoms with van der Waals surface area (Å²) >= 11 is 0. The van der Waals surface area contributed by atoms with E-state index in [1.165, 1.54) is 5.39 Å². The Morgan fingerprint density at radius 1 is 0.882 bits per heavy atom. The normalized spacial score (nSPS) is 11.8. The van der Waals surface area contributed by atoms with Gasteiger partial charge in [-0.05, 0) is 59.2 Å². The Kier molecular flexibility index (Phi) is 5.83. The summed E-state index contributed by atoms with van der Waals surface area (Å²) in [6.45, 7) is 2.01. The number of ether oxygens (including phenoxy) is 1. The van der Waals surface area contributed by atoms with Crippen molar-refractivity contribution in [2.24, 2.45) is 0 Å². The van der Waals surface area contributed by atoms with Gasteiger partial charge < -0.3 is 10.1 Å². The molecule has 2 N–H and O–H groups in total. The fourth-order valence-corrected chi connectivity index (χ4v) is 4.19. The molecule has 1 atom stereocenters. The van der Waals surface area contributed by atoms with Crippen LogP contribution < -0.4 is 10.1 Å². The van der Waals surface area contributed by atoms with Crippen LogP contribution in [0.25, 0.3) is 33.3 Å². The Hall–Kier alpha value is -4.38. The first kappa shape index (κ1) is 21.5. The van der Waals surface area contributed by atoms with Gasteiger partial charge in [0.25, 0.3) is 5.91 Å². The van der Waals surface area contributed by atoms with Crippen LogP contribution in [0.3, 0.4) is 0 Å². The number of amides is 1. The summed E-state index contributed by atoms with van der Waals surface area (Å²) < 4.78 is 5.30. The first-order valence-electron chi connectivity index (χ1n) is 11.2. The predicted molar refractivity (Wildman–Crippen MR) is 136 cm³/mol. The van der Waals surface area contributed by atoms with Crippen LogP contribution in [0, 0.1) is 0 Å². The molecule has 0 bridgehead atoms. The van der Waals surface area contributed by atoms with E-state index in [9.17, 15) is 4.79 Å². The molecule has 0 aliphatic rings. The van der Waals surface area contributed by atoms with Gasteiger partial charge >= 0.3 is 0 Å². The van der Waals surface area contributed by atoms with E-state index in [1.807, 2.05) is 79.7 Å². The molecule has 5 nitrogen and oxygen atoms in total. The number of aromatic nitrogens is 2. The topological polar surface area (TPSA) is 67.0 Å². The monoisotopic (exact) mass is 447 g/mol. The third-order valence-corrected chi connectivity index (χ3v) is 6.04. The zero-order valence-corrected chi connectivity index (χ0v) is 19.1. The minimum absolute atomic E-state index is 0.103. The van der Waals surface area contributed by atoms with Crippen molar-refractivity contribution in [1.82, 2.24) is 15.5 Å². The van der Waals surface area contributed by atoms with Crippen LogP contribution in [0.15, 0.2) is 97.1 Å². The Morgan fingerprint density at radius 3 is 2.47 bits per heavy atom. The van der Waals surface area contributed by atoms with E-state index in [1.54, 1.807) is 7.11 Å². The van der Waals surface area contributed by atoms with E-state index in [4.69, 9.17) is 4.74 Å². The second-order valence-electron chi connectivity index (χ2n) is 8.24. The van der Waals surface area contributed by atoms with Gasteiger partial charge in [-0.2, -0.15) is 5.10 Å². The third kappa shape index (κ3) is 4.28. The van der Waals surface area contributed by atoms with Gasteiger partial charge in [0.2, 0.25) is 0 Å². The molecule has 1 amide bonds. The number of rotatable bonds is 6. The predicted octanol–water partition coefficient (Wildman–Crippen LogP) is 6.40. The molecule has 0 saturated carbocycles. The van der Waals surface area contributed by atoms with Crippen LogP contribution in [0.5, 0.6) is 5.75 Å². The molecule has 0 spiro atoms. The fourth-order valence-electron chi connectivity index (χ4n) is 4.19. The van der Waals surface area contributed by atoms with Crippen molar-refractivity contribution < 1.29 is 9.53 Å². The summed E-state index contributed by atoms with van der Waals surface area (Å²) in [4.78, 5) is 12.9. The average Bonchev–Trinajstić information content (AvgIpc) is 3.39. The highest BCUT2D eigenvalue weighted by atomic mass is 16.5. The van der Waals surface area contributed by atoms with E-state index in [2.05, 4.69) is 39.8 Å². The van der Waals surface area contributed by atoms with Crippen molar-refractivity contribution in [2.45, 2.75) is 13.0 Å². The molecule has 5 rings (SSSR count). The van der Waals surface area contributed by atoms with E-state index in [0.717, 1.165) is 39.2 Å². The molecule has 5 aromatic rings. The Bertz CT molecular complexity index is 1450. The van der Waals surface area contributed by atoms with Gasteiger partial charge in [-0.15, -0.1) is 0 Å². The maximum atomic E-state index is 12.9. The lowest BCUT2D eigenvalue weighted by Crippen LogP contribution is -2.26. The van der Waals surface area contributed by atoms with Gasteiger partial charge in [0.05, 0.1) is 24.5 Å². The molecule has 0 saturated heterocycles. The van der Waals surface area contributed by atoms with Gasteiger partial charge in [-0.3, -0.25) is 9.89 Å². The molecule has 34 heavy (non-hydrogen) atoms. The number of carbonyl (C=O) groups excluding carboxylic acids is 1. The summed E-state index contributed by atoms with van der Waals surface area (Å²) in [5.74, 6) is 0.684. The highest BCUT2D eigenvalue weighted by molar-refractivity contribution is 5.95. The van der Waals surface area contributed by atoms with Crippen LogP contribution in [0.2, 0.25) is 0 Å². The summed E-state index contributed by atoms with van der Waals surface area (Å²) in [5, 5.41) is 13.0. The van der Waals surface area contributed by atoms with Crippen LogP contribution in [0.1, 0.15) is 28.9 Å². The highest BCUT2D eigenvalue weighted by Crippen LogP contribution is 2.27. The van der Waals surface area contributed by atoms with Crippen LogP contribution in [-0.4, -0.2) is 23.2 Å². The first-order chi connectivity index (χ1) is 16.6. The lowest BCUT2D eigenvalue weighted by atomic mass is 9.99. The van der Waals surface area contributed by atoms with E-state index in [0.29, 0.717) is 5.56 Å². The number of methoxy groups -OCH3 is 1. The number of hydrogen-bond donors (Lipinski definition) is 2. The Labute approximate surface area is 198 Å². The molecule has 0 unspecified atom stereocenters. The molecule has 4 aromatic carbocycles. The molecule has 5 heteroatoms. The van der Waals surface area contributed by atoms with Gasteiger partial charge in [0, 0.05) is 11.1 Å². The van der Waals surface area contributed by atoms with Crippen molar-refractivity contribution in [3.05, 3.63) is 108 Å². The van der Waals surface area contributed by atoms with Crippen molar-refractivity contribution in [3.63, 3.8) is 0 Å². The number of H-pyrrole nitrogens is 1. The van der Waals surface area contributed by atoms with Crippen molar-refractivity contribution in [1.29, 1.82) is 0 Å². The number of fused-ring (bicyclic) bond motifs is 1. The number of nitrogens with zero attached hydrogens (tertiary/aromatic N) is 1. The summed E-state index contributed by atoms with van der Waals surface area (Å²) in [5.41, 5.74) is 5.36. The molecular formula is C29H25N3O2. The molecule has 1 heterocycles. The average molecular weight is 448 g/mol. The smallest absolute Gasteiger partial charge is 0.251 e. The minimum atomic E-state index is -0.115. The van der Waals surface area contributed by atoms with Crippen molar-refractivity contribution in [3.8, 4) is 28.3 Å². The highest BCUT2D eigenvalue weighted by Gasteiger charge is 2.14. The molecule has 1 aromatic heterocycles. The lowest BCUT2D eigenvalue weighted by Gasteiger charge is -2.17. The van der Waals surface area contributed by atoms with Crippen molar-refractivity contribution >= 4 is 16.7 Å². The van der Waals surface area contributed by atoms with E-state index in [-0.39, 0.29) is 11.9 Å². The molecule has 0 radical (unpaired) electrons.